The minimum Gasteiger partial charge on any atom is -0.378 e. The van der Waals surface area contributed by atoms with Gasteiger partial charge >= 0.3 is 0 Å². The first kappa shape index (κ1) is 18.7. The van der Waals surface area contributed by atoms with E-state index in [4.69, 9.17) is 4.74 Å². The Kier molecular flexibility index (Phi) is 7.99. The van der Waals surface area contributed by atoms with Crippen LogP contribution in [-0.4, -0.2) is 38.3 Å². The fourth-order valence-electron chi connectivity index (χ4n) is 3.78. The van der Waals surface area contributed by atoms with Crippen LogP contribution in [0.3, 0.4) is 0 Å². The van der Waals surface area contributed by atoms with Gasteiger partial charge in [-0.2, -0.15) is 0 Å². The minimum absolute atomic E-state index is 0. The van der Waals surface area contributed by atoms with Crippen LogP contribution in [0.2, 0.25) is 0 Å². The van der Waals surface area contributed by atoms with E-state index >= 15 is 0 Å². The van der Waals surface area contributed by atoms with Gasteiger partial charge in [-0.3, -0.25) is 4.79 Å². The molecule has 1 aliphatic carbocycles. The highest BCUT2D eigenvalue weighted by atomic mass is 35.5. The molecule has 0 aromatic rings. The second-order valence-electron chi connectivity index (χ2n) is 7.01. The van der Waals surface area contributed by atoms with Gasteiger partial charge < -0.3 is 15.4 Å². The number of carbonyl (C=O) groups is 1. The lowest BCUT2D eigenvalue weighted by atomic mass is 9.78. The van der Waals surface area contributed by atoms with Gasteiger partial charge in [-0.1, -0.05) is 26.7 Å². The van der Waals surface area contributed by atoms with Crippen molar-refractivity contribution in [1.82, 2.24) is 10.6 Å². The molecule has 0 aromatic heterocycles. The van der Waals surface area contributed by atoms with Crippen molar-refractivity contribution >= 4 is 18.3 Å². The number of rotatable bonds is 6. The third-order valence-electron chi connectivity index (χ3n) is 4.60. The number of morpholine rings is 1. The summed E-state index contributed by atoms with van der Waals surface area (Å²) in [6.07, 6.45) is 6.96. The minimum atomic E-state index is 0. The lowest BCUT2D eigenvalue weighted by Crippen LogP contribution is -2.45. The first-order chi connectivity index (χ1) is 9.60. The van der Waals surface area contributed by atoms with Crippen LogP contribution >= 0.6 is 12.4 Å². The zero-order chi connectivity index (χ0) is 14.4. The van der Waals surface area contributed by atoms with Gasteiger partial charge in [-0.25, -0.2) is 0 Å². The molecule has 0 bridgehead atoms. The molecule has 0 spiro atoms. The van der Waals surface area contributed by atoms with E-state index < -0.39 is 0 Å². The molecule has 1 saturated carbocycles. The predicted molar refractivity (Wildman–Crippen MR) is 87.8 cm³/mol. The van der Waals surface area contributed by atoms with Crippen molar-refractivity contribution in [3.63, 3.8) is 0 Å². The molecule has 21 heavy (non-hydrogen) atoms. The number of nitrogens with one attached hydrogen (secondary N) is 2. The van der Waals surface area contributed by atoms with E-state index in [0.29, 0.717) is 24.4 Å². The maximum Gasteiger partial charge on any atom is 0.221 e. The molecule has 1 saturated heterocycles. The SMILES string of the molecule is CC(C)CC1(CNC(=O)CC2COCCN2)CCCC1.Cl. The zero-order valence-electron chi connectivity index (χ0n) is 13.5. The van der Waals surface area contributed by atoms with Crippen molar-refractivity contribution in [2.24, 2.45) is 11.3 Å². The molecule has 2 N–H and O–H groups in total. The maximum atomic E-state index is 12.1. The smallest absolute Gasteiger partial charge is 0.221 e. The highest BCUT2D eigenvalue weighted by Crippen LogP contribution is 2.42. The van der Waals surface area contributed by atoms with Gasteiger partial charge in [0.15, 0.2) is 0 Å². The number of ether oxygens (including phenoxy) is 1. The van der Waals surface area contributed by atoms with Crippen molar-refractivity contribution in [3.05, 3.63) is 0 Å². The van der Waals surface area contributed by atoms with Gasteiger partial charge in [0.2, 0.25) is 5.91 Å². The van der Waals surface area contributed by atoms with Crippen molar-refractivity contribution in [1.29, 1.82) is 0 Å². The van der Waals surface area contributed by atoms with Crippen LogP contribution in [-0.2, 0) is 9.53 Å². The summed E-state index contributed by atoms with van der Waals surface area (Å²) in [5.74, 6) is 0.876. The fourth-order valence-corrected chi connectivity index (χ4v) is 3.78. The summed E-state index contributed by atoms with van der Waals surface area (Å²) in [7, 11) is 0. The van der Waals surface area contributed by atoms with Gasteiger partial charge in [0.1, 0.15) is 0 Å². The van der Waals surface area contributed by atoms with E-state index in [0.717, 1.165) is 19.7 Å². The van der Waals surface area contributed by atoms with Crippen LogP contribution in [0.25, 0.3) is 0 Å². The summed E-state index contributed by atoms with van der Waals surface area (Å²) >= 11 is 0. The molecule has 0 aromatic carbocycles. The molecular formula is C16H31ClN2O2. The molecule has 2 fully saturated rings. The summed E-state index contributed by atoms with van der Waals surface area (Å²) < 4.78 is 5.39. The van der Waals surface area contributed by atoms with E-state index in [1.165, 1.54) is 32.1 Å². The van der Waals surface area contributed by atoms with Crippen LogP contribution in [0.1, 0.15) is 52.4 Å². The van der Waals surface area contributed by atoms with Gasteiger partial charge in [0.25, 0.3) is 0 Å². The first-order valence-electron chi connectivity index (χ1n) is 8.17. The van der Waals surface area contributed by atoms with Gasteiger partial charge in [0.05, 0.1) is 13.2 Å². The molecular weight excluding hydrogens is 288 g/mol. The summed E-state index contributed by atoms with van der Waals surface area (Å²) in [6, 6.07) is 0.188. The Labute approximate surface area is 135 Å². The molecule has 5 heteroatoms. The number of halogens is 1. The summed E-state index contributed by atoms with van der Waals surface area (Å²) in [4.78, 5) is 12.1. The molecule has 124 valence electrons. The summed E-state index contributed by atoms with van der Waals surface area (Å²) in [5.41, 5.74) is 0.361. The second kappa shape index (κ2) is 8.96. The average Bonchev–Trinajstić information content (AvgIpc) is 2.86. The van der Waals surface area contributed by atoms with E-state index in [1.54, 1.807) is 0 Å². The predicted octanol–water partition coefficient (Wildman–Crippen LogP) is 2.51. The topological polar surface area (TPSA) is 50.4 Å². The lowest BCUT2D eigenvalue weighted by Gasteiger charge is -2.31. The Hall–Kier alpha value is -0.320. The second-order valence-corrected chi connectivity index (χ2v) is 7.01. The van der Waals surface area contributed by atoms with E-state index in [1.807, 2.05) is 0 Å². The molecule has 4 nitrogen and oxygen atoms in total. The largest absolute Gasteiger partial charge is 0.378 e. The third-order valence-corrected chi connectivity index (χ3v) is 4.60. The Balaban J connectivity index is 0.00000220. The molecule has 1 heterocycles. The number of hydrogen-bond donors (Lipinski definition) is 2. The Morgan fingerprint density at radius 1 is 1.38 bits per heavy atom. The average molecular weight is 319 g/mol. The number of hydrogen-bond acceptors (Lipinski definition) is 3. The molecule has 1 aliphatic heterocycles. The first-order valence-corrected chi connectivity index (χ1v) is 8.17. The maximum absolute atomic E-state index is 12.1. The van der Waals surface area contributed by atoms with Gasteiger partial charge in [0, 0.05) is 25.6 Å². The number of carbonyl (C=O) groups excluding carboxylic acids is 1. The Morgan fingerprint density at radius 3 is 2.67 bits per heavy atom. The summed E-state index contributed by atoms with van der Waals surface area (Å²) in [5, 5.41) is 6.52. The zero-order valence-corrected chi connectivity index (χ0v) is 14.3. The fraction of sp³-hybridized carbons (Fsp3) is 0.938. The third kappa shape index (κ3) is 6.13. The lowest BCUT2D eigenvalue weighted by molar-refractivity contribution is -0.122. The van der Waals surface area contributed by atoms with Crippen LogP contribution in [0.4, 0.5) is 0 Å². The highest BCUT2D eigenvalue weighted by molar-refractivity contribution is 5.85. The monoisotopic (exact) mass is 318 g/mol. The molecule has 1 unspecified atom stereocenters. The van der Waals surface area contributed by atoms with Gasteiger partial charge in [-0.05, 0) is 30.6 Å². The summed E-state index contributed by atoms with van der Waals surface area (Å²) in [6.45, 7) is 7.70. The van der Waals surface area contributed by atoms with E-state index in [-0.39, 0.29) is 24.4 Å². The van der Waals surface area contributed by atoms with Crippen LogP contribution in [0.5, 0.6) is 0 Å². The quantitative estimate of drug-likeness (QED) is 0.791. The van der Waals surface area contributed by atoms with Crippen LogP contribution < -0.4 is 10.6 Å². The molecule has 1 amide bonds. The Morgan fingerprint density at radius 2 is 2.10 bits per heavy atom. The van der Waals surface area contributed by atoms with Crippen LogP contribution in [0.15, 0.2) is 0 Å². The van der Waals surface area contributed by atoms with Crippen molar-refractivity contribution in [2.45, 2.75) is 58.4 Å². The Bertz CT molecular complexity index is 311. The molecule has 2 rings (SSSR count). The molecule has 1 atom stereocenters. The van der Waals surface area contributed by atoms with E-state index in [2.05, 4.69) is 24.5 Å². The van der Waals surface area contributed by atoms with Crippen molar-refractivity contribution in [3.8, 4) is 0 Å². The van der Waals surface area contributed by atoms with Crippen molar-refractivity contribution in [2.75, 3.05) is 26.3 Å². The van der Waals surface area contributed by atoms with E-state index in [9.17, 15) is 4.79 Å². The number of amides is 1. The normalized spacial score (nSPS) is 24.6. The van der Waals surface area contributed by atoms with Crippen molar-refractivity contribution < 1.29 is 9.53 Å². The molecule has 2 aliphatic rings. The van der Waals surface area contributed by atoms with Gasteiger partial charge in [-0.15, -0.1) is 12.4 Å². The van der Waals surface area contributed by atoms with Crippen LogP contribution in [0, 0.1) is 11.3 Å². The highest BCUT2D eigenvalue weighted by Gasteiger charge is 2.34. The standard InChI is InChI=1S/C16H30N2O2.ClH/c1-13(2)10-16(5-3-4-6-16)12-18-15(19)9-14-11-20-8-7-17-14;/h13-14,17H,3-12H2,1-2H3,(H,18,19);1H. The molecule has 0 radical (unpaired) electrons.